The van der Waals surface area contributed by atoms with E-state index in [4.69, 9.17) is 4.74 Å². The molecule has 2 aromatic heterocycles. The van der Waals surface area contributed by atoms with Crippen LogP contribution in [0.2, 0.25) is 0 Å². The smallest absolute Gasteiger partial charge is 0.354 e. The van der Waals surface area contributed by atoms with Gasteiger partial charge >= 0.3 is 5.97 Å². The van der Waals surface area contributed by atoms with Crippen molar-refractivity contribution in [1.29, 1.82) is 0 Å². The topological polar surface area (TPSA) is 118 Å². The fourth-order valence-electron chi connectivity index (χ4n) is 3.49. The molecule has 0 fully saturated rings. The van der Waals surface area contributed by atoms with Crippen molar-refractivity contribution in [3.63, 3.8) is 0 Å². The highest BCUT2D eigenvalue weighted by molar-refractivity contribution is 6.06. The average molecular weight is 419 g/mol. The van der Waals surface area contributed by atoms with Crippen LogP contribution in [0.3, 0.4) is 0 Å². The van der Waals surface area contributed by atoms with Gasteiger partial charge in [-0.2, -0.15) is 5.10 Å². The average Bonchev–Trinajstić information content (AvgIpc) is 3.32. The molecule has 0 aliphatic heterocycles. The van der Waals surface area contributed by atoms with E-state index in [2.05, 4.69) is 20.7 Å². The van der Waals surface area contributed by atoms with Crippen molar-refractivity contribution in [3.8, 4) is 0 Å². The highest BCUT2D eigenvalue weighted by Gasteiger charge is 2.16. The second-order valence-corrected chi connectivity index (χ2v) is 7.01. The van der Waals surface area contributed by atoms with Crippen LogP contribution >= 0.6 is 0 Å². The minimum Gasteiger partial charge on any atom is -0.461 e. The van der Waals surface area contributed by atoms with Crippen LogP contribution in [0.15, 0.2) is 42.6 Å². The summed E-state index contributed by atoms with van der Waals surface area (Å²) >= 11 is 0. The lowest BCUT2D eigenvalue weighted by Crippen LogP contribution is -2.06. The first-order valence-corrected chi connectivity index (χ1v) is 9.73. The molecular weight excluding hydrogens is 398 g/mol. The number of carbonyl (C=O) groups is 3. The summed E-state index contributed by atoms with van der Waals surface area (Å²) in [5.41, 5.74) is 3.59. The molecule has 0 unspecified atom stereocenters. The van der Waals surface area contributed by atoms with Gasteiger partial charge < -0.3 is 20.4 Å². The summed E-state index contributed by atoms with van der Waals surface area (Å²) in [7, 11) is 0. The molecule has 0 aliphatic carbocycles. The number of rotatable bonds is 5. The summed E-state index contributed by atoms with van der Waals surface area (Å²) in [5.74, 6) is -0.866. The summed E-state index contributed by atoms with van der Waals surface area (Å²) in [6.07, 6.45) is 1.62. The van der Waals surface area contributed by atoms with Crippen molar-refractivity contribution in [2.45, 2.75) is 20.8 Å². The number of aromatic amines is 1. The molecule has 0 aliphatic rings. The van der Waals surface area contributed by atoms with E-state index >= 15 is 0 Å². The van der Waals surface area contributed by atoms with Gasteiger partial charge in [0.2, 0.25) is 11.8 Å². The van der Waals surface area contributed by atoms with Crippen LogP contribution in [-0.2, 0) is 9.53 Å². The SMILES string of the molecule is CCOC(=O)c1cc2c(Nc3cccc4c3cnn4C(C)=O)cc(NC(C)=O)cc2[nH]1. The van der Waals surface area contributed by atoms with Crippen LogP contribution in [0.4, 0.5) is 17.1 Å². The van der Waals surface area contributed by atoms with Crippen LogP contribution in [0, 0.1) is 0 Å². The fourth-order valence-corrected chi connectivity index (χ4v) is 3.49. The van der Waals surface area contributed by atoms with Gasteiger partial charge in [0, 0.05) is 36.0 Å². The molecule has 158 valence electrons. The van der Waals surface area contributed by atoms with Gasteiger partial charge in [-0.3, -0.25) is 9.59 Å². The van der Waals surface area contributed by atoms with Gasteiger partial charge in [0.05, 0.1) is 29.5 Å². The van der Waals surface area contributed by atoms with E-state index in [1.54, 1.807) is 31.3 Å². The Kier molecular flexibility index (Phi) is 5.16. The van der Waals surface area contributed by atoms with Crippen molar-refractivity contribution in [1.82, 2.24) is 14.8 Å². The van der Waals surface area contributed by atoms with Crippen LogP contribution < -0.4 is 10.6 Å². The first-order valence-electron chi connectivity index (χ1n) is 9.73. The normalized spacial score (nSPS) is 10.9. The molecule has 0 saturated heterocycles. The van der Waals surface area contributed by atoms with E-state index in [1.165, 1.54) is 18.5 Å². The number of H-pyrrole nitrogens is 1. The minimum absolute atomic E-state index is 0.188. The van der Waals surface area contributed by atoms with E-state index in [1.807, 2.05) is 18.2 Å². The van der Waals surface area contributed by atoms with Crippen molar-refractivity contribution in [3.05, 3.63) is 48.3 Å². The van der Waals surface area contributed by atoms with Gasteiger partial charge in [0.25, 0.3) is 0 Å². The second kappa shape index (κ2) is 7.94. The maximum absolute atomic E-state index is 12.2. The van der Waals surface area contributed by atoms with E-state index in [0.29, 0.717) is 28.1 Å². The summed E-state index contributed by atoms with van der Waals surface area (Å²) in [4.78, 5) is 38.7. The monoisotopic (exact) mass is 419 g/mol. The molecule has 2 aromatic carbocycles. The maximum Gasteiger partial charge on any atom is 0.354 e. The Bertz CT molecular complexity index is 1330. The Balaban J connectivity index is 1.84. The first-order chi connectivity index (χ1) is 14.9. The van der Waals surface area contributed by atoms with Gasteiger partial charge in [-0.15, -0.1) is 0 Å². The van der Waals surface area contributed by atoms with Crippen LogP contribution in [0.1, 0.15) is 36.1 Å². The number of benzene rings is 2. The quantitative estimate of drug-likeness (QED) is 0.420. The fraction of sp³-hybridized carbons (Fsp3) is 0.182. The number of nitrogens with one attached hydrogen (secondary N) is 3. The van der Waals surface area contributed by atoms with Gasteiger partial charge in [-0.1, -0.05) is 6.07 Å². The summed E-state index contributed by atoms with van der Waals surface area (Å²) < 4.78 is 6.42. The van der Waals surface area contributed by atoms with Gasteiger partial charge in [-0.25, -0.2) is 9.48 Å². The maximum atomic E-state index is 12.2. The first kappa shape index (κ1) is 20.1. The zero-order valence-corrected chi connectivity index (χ0v) is 17.3. The highest BCUT2D eigenvalue weighted by Crippen LogP contribution is 2.34. The molecule has 0 bridgehead atoms. The number of esters is 1. The second-order valence-electron chi connectivity index (χ2n) is 7.01. The Labute approximate surface area is 177 Å². The van der Waals surface area contributed by atoms with E-state index in [-0.39, 0.29) is 18.4 Å². The van der Waals surface area contributed by atoms with Crippen LogP contribution in [-0.4, -0.2) is 39.2 Å². The number of anilines is 3. The van der Waals surface area contributed by atoms with E-state index in [9.17, 15) is 14.4 Å². The number of nitrogens with zero attached hydrogens (tertiary/aromatic N) is 2. The minimum atomic E-state index is -0.462. The number of fused-ring (bicyclic) bond motifs is 2. The molecule has 2 heterocycles. The molecule has 1 amide bonds. The number of ether oxygens (including phenoxy) is 1. The van der Waals surface area contributed by atoms with Gasteiger partial charge in [0.15, 0.2) is 0 Å². The number of carbonyl (C=O) groups excluding carboxylic acids is 3. The number of aromatic nitrogens is 3. The Morgan fingerprint density at radius 2 is 1.90 bits per heavy atom. The molecule has 0 radical (unpaired) electrons. The standard InChI is InChI=1S/C22H21N5O4/c1-4-31-22(30)20-10-15-18(8-14(24-12(2)28)9-19(15)26-20)25-17-6-5-7-21-16(17)11-23-27(21)13(3)29/h5-11,25-26H,4H2,1-3H3,(H,24,28). The van der Waals surface area contributed by atoms with E-state index < -0.39 is 5.97 Å². The molecule has 31 heavy (non-hydrogen) atoms. The molecule has 9 nitrogen and oxygen atoms in total. The van der Waals surface area contributed by atoms with Crippen molar-refractivity contribution < 1.29 is 19.1 Å². The molecule has 3 N–H and O–H groups in total. The third-order valence-corrected chi connectivity index (χ3v) is 4.73. The molecule has 9 heteroatoms. The molecule has 0 atom stereocenters. The summed E-state index contributed by atoms with van der Waals surface area (Å²) in [6.45, 7) is 4.87. The lowest BCUT2D eigenvalue weighted by atomic mass is 10.1. The lowest BCUT2D eigenvalue weighted by molar-refractivity contribution is -0.114. The largest absolute Gasteiger partial charge is 0.461 e. The summed E-state index contributed by atoms with van der Waals surface area (Å²) in [6, 6.07) is 10.7. The lowest BCUT2D eigenvalue weighted by Gasteiger charge is -2.12. The van der Waals surface area contributed by atoms with Crippen LogP contribution in [0.25, 0.3) is 21.8 Å². The number of amides is 1. The number of hydrogen-bond donors (Lipinski definition) is 3. The van der Waals surface area contributed by atoms with Crippen molar-refractivity contribution >= 4 is 56.7 Å². The molecule has 0 saturated carbocycles. The third kappa shape index (κ3) is 3.85. The Morgan fingerprint density at radius 1 is 1.10 bits per heavy atom. The van der Waals surface area contributed by atoms with Gasteiger partial charge in [0.1, 0.15) is 5.69 Å². The summed E-state index contributed by atoms with van der Waals surface area (Å²) in [5, 5.41) is 11.8. The highest BCUT2D eigenvalue weighted by atomic mass is 16.5. The third-order valence-electron chi connectivity index (χ3n) is 4.73. The van der Waals surface area contributed by atoms with E-state index in [0.717, 1.165) is 16.5 Å². The predicted octanol–water partition coefficient (Wildman–Crippen LogP) is 4.06. The zero-order valence-electron chi connectivity index (χ0n) is 17.3. The zero-order chi connectivity index (χ0) is 22.1. The van der Waals surface area contributed by atoms with Crippen LogP contribution in [0.5, 0.6) is 0 Å². The molecule has 0 spiro atoms. The number of hydrogen-bond acceptors (Lipinski definition) is 6. The molecule has 4 aromatic rings. The van der Waals surface area contributed by atoms with Crippen molar-refractivity contribution in [2.75, 3.05) is 17.2 Å². The Morgan fingerprint density at radius 3 is 2.61 bits per heavy atom. The molecule has 4 rings (SSSR count). The van der Waals surface area contributed by atoms with Crippen molar-refractivity contribution in [2.24, 2.45) is 0 Å². The Hall–Kier alpha value is -4.14. The van der Waals surface area contributed by atoms with Gasteiger partial charge in [-0.05, 0) is 37.3 Å². The molecular formula is C22H21N5O4. The predicted molar refractivity (Wildman–Crippen MR) is 118 cm³/mol.